The van der Waals surface area contributed by atoms with Gasteiger partial charge in [0.25, 0.3) is 17.7 Å². The molecule has 0 unspecified atom stereocenters. The van der Waals surface area contributed by atoms with Crippen LogP contribution in [0.1, 0.15) is 78.1 Å². The number of carbonyl (C=O) groups excluding carboxylic acids is 4. The Balaban J connectivity index is 1.59. The second-order valence-electron chi connectivity index (χ2n) is 13.4. The molecular weight excluding hydrogens is 586 g/mol. The van der Waals surface area contributed by atoms with Gasteiger partial charge in [-0.15, -0.1) is 0 Å². The number of rotatable bonds is 7. The molecule has 2 fully saturated rings. The highest BCUT2D eigenvalue weighted by Crippen LogP contribution is 2.56. The second-order valence-corrected chi connectivity index (χ2v) is 13.8. The molecule has 0 aromatic heterocycles. The summed E-state index contributed by atoms with van der Waals surface area (Å²) in [5.41, 5.74) is -1.75. The van der Waals surface area contributed by atoms with E-state index in [1.54, 1.807) is 23.6 Å². The molecule has 1 aliphatic carbocycles. The van der Waals surface area contributed by atoms with Gasteiger partial charge in [-0.05, 0) is 73.8 Å². The summed E-state index contributed by atoms with van der Waals surface area (Å²) in [7, 11) is 0. The number of nitrogens with one attached hydrogen (secondary N) is 1. The summed E-state index contributed by atoms with van der Waals surface area (Å²) in [6.07, 6.45) is -1.16. The molecule has 4 amide bonds. The first-order valence-corrected chi connectivity index (χ1v) is 15.0. The first-order valence-electron chi connectivity index (χ1n) is 14.6. The largest absolute Gasteiger partial charge is 0.476 e. The molecule has 1 saturated carbocycles. The number of alkyl halides is 2. The third-order valence-electron chi connectivity index (χ3n) is 8.06. The van der Waals surface area contributed by atoms with E-state index >= 15 is 0 Å². The number of piperidine rings is 1. The van der Waals surface area contributed by atoms with Gasteiger partial charge in [0.15, 0.2) is 5.60 Å². The van der Waals surface area contributed by atoms with Crippen molar-refractivity contribution in [2.45, 2.75) is 97.4 Å². The molecule has 10 nitrogen and oxygen atoms in total. The topological polar surface area (TPSA) is 108 Å². The average Bonchev–Trinajstić information content (AvgIpc) is 3.55. The molecule has 1 saturated heterocycles. The van der Waals surface area contributed by atoms with Crippen LogP contribution in [0.5, 0.6) is 5.75 Å². The number of amides is 4. The van der Waals surface area contributed by atoms with Crippen molar-refractivity contribution in [2.24, 2.45) is 5.41 Å². The van der Waals surface area contributed by atoms with Gasteiger partial charge in [0.05, 0.1) is 16.3 Å². The summed E-state index contributed by atoms with van der Waals surface area (Å²) in [6.45, 7) is 13.2. The zero-order valence-electron chi connectivity index (χ0n) is 25.8. The molecule has 0 radical (unpaired) electrons. The van der Waals surface area contributed by atoms with Crippen LogP contribution in [0.3, 0.4) is 0 Å². The van der Waals surface area contributed by atoms with E-state index in [0.29, 0.717) is 13.1 Å². The number of anilines is 1. The summed E-state index contributed by atoms with van der Waals surface area (Å²) in [6, 6.07) is 2.64. The Morgan fingerprint density at radius 2 is 1.91 bits per heavy atom. The number of benzene rings is 1. The van der Waals surface area contributed by atoms with Gasteiger partial charge in [-0.3, -0.25) is 14.4 Å². The van der Waals surface area contributed by atoms with Crippen LogP contribution in [0.25, 0.3) is 0 Å². The normalized spacial score (nSPS) is 22.8. The fourth-order valence-electron chi connectivity index (χ4n) is 6.02. The van der Waals surface area contributed by atoms with E-state index in [9.17, 15) is 28.0 Å². The summed E-state index contributed by atoms with van der Waals surface area (Å²) in [4.78, 5) is 56.5. The molecule has 0 bridgehead atoms. The molecule has 2 heterocycles. The molecule has 3 aliphatic rings. The number of halogens is 3. The molecule has 2 aliphatic heterocycles. The molecule has 43 heavy (non-hydrogen) atoms. The van der Waals surface area contributed by atoms with Gasteiger partial charge >= 0.3 is 12.5 Å². The summed E-state index contributed by atoms with van der Waals surface area (Å²) in [5, 5.41) is 2.25. The number of likely N-dealkylation sites (tertiary alicyclic amines) is 1. The third-order valence-corrected chi connectivity index (χ3v) is 8.37. The summed E-state index contributed by atoms with van der Waals surface area (Å²) < 4.78 is 36.9. The molecule has 2 atom stereocenters. The Kier molecular flexibility index (Phi) is 8.94. The average molecular weight is 627 g/mol. The van der Waals surface area contributed by atoms with Crippen molar-refractivity contribution in [1.29, 1.82) is 0 Å². The molecule has 1 aromatic carbocycles. The fourth-order valence-corrected chi connectivity index (χ4v) is 6.25. The molecule has 238 valence electrons. The monoisotopic (exact) mass is 626 g/mol. The van der Waals surface area contributed by atoms with E-state index in [1.807, 2.05) is 34.6 Å². The number of carbonyl (C=O) groups is 4. The Morgan fingerprint density at radius 3 is 2.51 bits per heavy atom. The summed E-state index contributed by atoms with van der Waals surface area (Å²) in [5.74, 6) is -1.97. The van der Waals surface area contributed by atoms with Crippen molar-refractivity contribution >= 4 is 41.1 Å². The van der Waals surface area contributed by atoms with Crippen molar-refractivity contribution in [3.05, 3.63) is 22.7 Å². The Hall–Kier alpha value is -3.15. The molecule has 13 heteroatoms. The first kappa shape index (κ1) is 32.8. The second kappa shape index (κ2) is 11.7. The SMILES string of the molecule is CC(C)N(C(=O)c1cc2c(cc1Cl)OC(C)(C)C(=O)N2CCNC(=O)C(F)F)[C@H]1C[C@@]12CCCN(C(=O)OC(C)(C)C)C2. The minimum absolute atomic E-state index is 0.119. The van der Waals surface area contributed by atoms with Crippen molar-refractivity contribution in [3.8, 4) is 5.75 Å². The van der Waals surface area contributed by atoms with Crippen molar-refractivity contribution in [2.75, 3.05) is 31.1 Å². The Morgan fingerprint density at radius 1 is 1.23 bits per heavy atom. The highest BCUT2D eigenvalue weighted by Gasteiger charge is 2.60. The molecular formula is C30H41ClF2N4O6. The van der Waals surface area contributed by atoms with E-state index < -0.39 is 29.4 Å². The van der Waals surface area contributed by atoms with Crippen LogP contribution in [-0.2, 0) is 14.3 Å². The number of ether oxygens (including phenoxy) is 2. The Bertz CT molecular complexity index is 1300. The van der Waals surface area contributed by atoms with Crippen LogP contribution in [0, 0.1) is 5.41 Å². The lowest BCUT2D eigenvalue weighted by atomic mass is 9.93. The van der Waals surface area contributed by atoms with Crippen LogP contribution in [0.2, 0.25) is 5.02 Å². The zero-order valence-corrected chi connectivity index (χ0v) is 26.5. The van der Waals surface area contributed by atoms with Crippen LogP contribution in [0.4, 0.5) is 19.3 Å². The maximum absolute atomic E-state index is 14.1. The first-order chi connectivity index (χ1) is 19.9. The highest BCUT2D eigenvalue weighted by atomic mass is 35.5. The van der Waals surface area contributed by atoms with Crippen molar-refractivity contribution in [3.63, 3.8) is 0 Å². The highest BCUT2D eigenvalue weighted by molar-refractivity contribution is 6.34. The van der Waals surface area contributed by atoms with Gasteiger partial charge < -0.3 is 29.5 Å². The van der Waals surface area contributed by atoms with Crippen LogP contribution in [0.15, 0.2) is 12.1 Å². The predicted molar refractivity (Wildman–Crippen MR) is 157 cm³/mol. The van der Waals surface area contributed by atoms with Gasteiger partial charge in [-0.2, -0.15) is 8.78 Å². The van der Waals surface area contributed by atoms with Crippen LogP contribution < -0.4 is 15.0 Å². The standard InChI is InChI=1S/C30H41ClF2N4O6/c1-17(2)37(22-15-30(22)9-8-11-35(16-30)27(41)43-28(3,4)5)25(39)18-13-20-21(14-19(18)31)42-29(6,7)26(40)36(20)12-10-34-24(38)23(32)33/h13-14,17,22-23H,8-12,15-16H2,1-7H3,(H,34,38)/t22-,30+/m0/s1. The summed E-state index contributed by atoms with van der Waals surface area (Å²) >= 11 is 6.65. The quantitative estimate of drug-likeness (QED) is 0.463. The van der Waals surface area contributed by atoms with E-state index in [4.69, 9.17) is 21.1 Å². The molecule has 1 N–H and O–H groups in total. The lowest BCUT2D eigenvalue weighted by molar-refractivity contribution is -0.133. The van der Waals surface area contributed by atoms with Gasteiger partial charge in [-0.25, -0.2) is 4.79 Å². The van der Waals surface area contributed by atoms with E-state index in [-0.39, 0.29) is 64.6 Å². The maximum Gasteiger partial charge on any atom is 0.410 e. The fraction of sp³-hybridized carbons (Fsp3) is 0.667. The molecule has 4 rings (SSSR count). The zero-order chi connectivity index (χ0) is 32.1. The number of nitrogens with zero attached hydrogens (tertiary/aromatic N) is 3. The number of hydrogen-bond acceptors (Lipinski definition) is 6. The molecule has 1 aromatic rings. The van der Waals surface area contributed by atoms with E-state index in [1.165, 1.54) is 17.0 Å². The van der Waals surface area contributed by atoms with Gasteiger partial charge in [0.1, 0.15) is 11.4 Å². The third kappa shape index (κ3) is 6.84. The van der Waals surface area contributed by atoms with E-state index in [2.05, 4.69) is 5.32 Å². The lowest BCUT2D eigenvalue weighted by Gasteiger charge is -2.39. The van der Waals surface area contributed by atoms with Gasteiger partial charge in [0.2, 0.25) is 0 Å². The van der Waals surface area contributed by atoms with Crippen LogP contribution in [-0.4, -0.2) is 89.5 Å². The number of hydrogen-bond donors (Lipinski definition) is 1. The lowest BCUT2D eigenvalue weighted by Crippen LogP contribution is -2.54. The van der Waals surface area contributed by atoms with E-state index in [0.717, 1.165) is 19.3 Å². The maximum atomic E-state index is 14.1. The minimum Gasteiger partial charge on any atom is -0.476 e. The smallest absolute Gasteiger partial charge is 0.410 e. The van der Waals surface area contributed by atoms with Gasteiger partial charge in [-0.1, -0.05) is 11.6 Å². The van der Waals surface area contributed by atoms with Crippen molar-refractivity contribution in [1.82, 2.24) is 15.1 Å². The Labute approximate surface area is 256 Å². The minimum atomic E-state index is -3.18. The number of fused-ring (bicyclic) bond motifs is 1. The van der Waals surface area contributed by atoms with Crippen LogP contribution >= 0.6 is 11.6 Å². The van der Waals surface area contributed by atoms with Crippen molar-refractivity contribution < 1.29 is 37.4 Å². The predicted octanol–water partition coefficient (Wildman–Crippen LogP) is 4.87. The molecule has 1 spiro atoms. The van der Waals surface area contributed by atoms with Gasteiger partial charge in [0, 0.05) is 49.7 Å².